The Kier molecular flexibility index (Phi) is 5.00. The Morgan fingerprint density at radius 1 is 1.00 bits per heavy atom. The summed E-state index contributed by atoms with van der Waals surface area (Å²) in [7, 11) is -1.86. The van der Waals surface area contributed by atoms with Crippen molar-refractivity contribution >= 4 is 32.9 Å². The van der Waals surface area contributed by atoms with Crippen molar-refractivity contribution in [3.05, 3.63) is 65.7 Å². The Labute approximate surface area is 181 Å². The van der Waals surface area contributed by atoms with Crippen molar-refractivity contribution in [2.24, 2.45) is 0 Å². The highest BCUT2D eigenvalue weighted by molar-refractivity contribution is 7.94. The Balaban J connectivity index is 1.26. The predicted octanol–water partition coefficient (Wildman–Crippen LogP) is 3.98. The Hall–Kier alpha value is -2.42. The molecule has 156 valence electrons. The molecule has 3 heterocycles. The Morgan fingerprint density at radius 3 is 2.40 bits per heavy atom. The van der Waals surface area contributed by atoms with Crippen molar-refractivity contribution in [1.82, 2.24) is 9.88 Å². The monoisotopic (exact) mass is 440 g/mol. The number of benzene rings is 2. The topological polar surface area (TPSA) is 56.8 Å². The van der Waals surface area contributed by atoms with Crippen molar-refractivity contribution in [1.29, 1.82) is 0 Å². The fourth-order valence-electron chi connectivity index (χ4n) is 4.32. The summed E-state index contributed by atoms with van der Waals surface area (Å²) in [5, 5.41) is 3.17. The summed E-state index contributed by atoms with van der Waals surface area (Å²) >= 11 is 1.67. The molecule has 1 fully saturated rings. The van der Waals surface area contributed by atoms with Crippen LogP contribution >= 0.6 is 11.3 Å². The molecule has 5 rings (SSSR count). The number of para-hydroxylation sites is 2. The molecule has 8 heteroatoms. The summed E-state index contributed by atoms with van der Waals surface area (Å²) in [6.07, 6.45) is 1.63. The maximum Gasteiger partial charge on any atom is 0.326 e. The van der Waals surface area contributed by atoms with Crippen molar-refractivity contribution < 1.29 is 8.42 Å². The van der Waals surface area contributed by atoms with Crippen LogP contribution in [-0.4, -0.2) is 44.5 Å². The molecule has 2 aliphatic heterocycles. The largest absolute Gasteiger partial charge is 0.326 e. The van der Waals surface area contributed by atoms with Gasteiger partial charge in [-0.3, -0.25) is 9.21 Å². The molecule has 0 bridgehead atoms. The lowest BCUT2D eigenvalue weighted by molar-refractivity contribution is 0.205. The zero-order chi connectivity index (χ0) is 20.7. The van der Waals surface area contributed by atoms with E-state index in [0.29, 0.717) is 0 Å². The summed E-state index contributed by atoms with van der Waals surface area (Å²) in [6.45, 7) is 2.53. The van der Waals surface area contributed by atoms with E-state index in [1.165, 1.54) is 4.31 Å². The van der Waals surface area contributed by atoms with Gasteiger partial charge >= 0.3 is 10.2 Å². The van der Waals surface area contributed by atoms with Gasteiger partial charge in [-0.1, -0.05) is 42.5 Å². The fourth-order valence-corrected chi connectivity index (χ4v) is 6.79. The van der Waals surface area contributed by atoms with E-state index in [1.807, 2.05) is 42.5 Å². The van der Waals surface area contributed by atoms with Gasteiger partial charge in [0.25, 0.3) is 0 Å². The summed E-state index contributed by atoms with van der Waals surface area (Å²) < 4.78 is 29.0. The van der Waals surface area contributed by atoms with Crippen LogP contribution in [0.2, 0.25) is 0 Å². The first-order valence-electron chi connectivity index (χ1n) is 10.1. The smallest absolute Gasteiger partial charge is 0.297 e. The zero-order valence-corrected chi connectivity index (χ0v) is 18.4. The minimum absolute atomic E-state index is 0.00679. The number of fused-ring (bicyclic) bond motifs is 1. The van der Waals surface area contributed by atoms with Gasteiger partial charge in [0, 0.05) is 43.7 Å². The quantitative estimate of drug-likeness (QED) is 0.616. The third-order valence-electron chi connectivity index (χ3n) is 5.90. The average molecular weight is 441 g/mol. The van der Waals surface area contributed by atoms with Gasteiger partial charge in [-0.05, 0) is 25.0 Å². The van der Waals surface area contributed by atoms with Gasteiger partial charge in [-0.15, -0.1) is 11.3 Å². The molecular weight excluding hydrogens is 416 g/mol. The average Bonchev–Trinajstić information content (AvgIpc) is 3.31. The number of nitrogens with zero attached hydrogens (tertiary/aromatic N) is 4. The van der Waals surface area contributed by atoms with E-state index in [1.54, 1.807) is 22.7 Å². The number of thiazole rings is 1. The van der Waals surface area contributed by atoms with E-state index in [-0.39, 0.29) is 6.04 Å². The molecule has 0 radical (unpaired) electrons. The van der Waals surface area contributed by atoms with E-state index >= 15 is 0 Å². The first-order valence-corrected chi connectivity index (χ1v) is 12.4. The van der Waals surface area contributed by atoms with Crippen LogP contribution in [0.3, 0.4) is 0 Å². The molecule has 0 unspecified atom stereocenters. The number of likely N-dealkylation sites (tertiary alicyclic amines) is 1. The lowest BCUT2D eigenvalue weighted by Crippen LogP contribution is -2.48. The minimum Gasteiger partial charge on any atom is -0.297 e. The van der Waals surface area contributed by atoms with E-state index in [9.17, 15) is 8.42 Å². The second-order valence-electron chi connectivity index (χ2n) is 7.78. The minimum atomic E-state index is -3.49. The van der Waals surface area contributed by atoms with Crippen LogP contribution < -0.4 is 8.61 Å². The Bertz CT molecular complexity index is 1140. The highest BCUT2D eigenvalue weighted by atomic mass is 32.2. The molecule has 1 saturated heterocycles. The van der Waals surface area contributed by atoms with Crippen LogP contribution in [0.25, 0.3) is 10.6 Å². The van der Waals surface area contributed by atoms with Crippen molar-refractivity contribution in [3.63, 3.8) is 0 Å². The molecule has 0 aliphatic carbocycles. The molecule has 1 aromatic heterocycles. The molecule has 2 aliphatic rings. The van der Waals surface area contributed by atoms with Crippen molar-refractivity contribution in [2.75, 3.05) is 28.7 Å². The maximum atomic E-state index is 13.0. The maximum absolute atomic E-state index is 13.0. The molecule has 6 nitrogen and oxygen atoms in total. The molecule has 0 amide bonds. The second-order valence-corrected chi connectivity index (χ2v) is 10.5. The van der Waals surface area contributed by atoms with Gasteiger partial charge in [0.15, 0.2) is 0 Å². The van der Waals surface area contributed by atoms with Crippen molar-refractivity contribution in [3.8, 4) is 10.6 Å². The van der Waals surface area contributed by atoms with E-state index in [2.05, 4.69) is 22.4 Å². The lowest BCUT2D eigenvalue weighted by Gasteiger charge is -2.36. The summed E-state index contributed by atoms with van der Waals surface area (Å²) in [6, 6.07) is 17.8. The molecule has 3 aromatic rings. The molecule has 0 saturated carbocycles. The number of hydrogen-bond donors (Lipinski definition) is 0. The molecule has 0 atom stereocenters. The van der Waals surface area contributed by atoms with Crippen LogP contribution in [0.15, 0.2) is 60.0 Å². The van der Waals surface area contributed by atoms with Gasteiger partial charge in [-0.25, -0.2) is 9.29 Å². The van der Waals surface area contributed by atoms with Gasteiger partial charge in [0.1, 0.15) is 5.01 Å². The second kappa shape index (κ2) is 7.68. The van der Waals surface area contributed by atoms with Crippen LogP contribution in [0.4, 0.5) is 11.4 Å². The third-order valence-corrected chi connectivity index (χ3v) is 8.72. The number of piperidine rings is 1. The third kappa shape index (κ3) is 3.38. The SMILES string of the molecule is CN1c2ccccc2N(C2CCN(Cc3csc(-c4ccccc4)n3)CC2)S1(=O)=O. The van der Waals surface area contributed by atoms with Crippen LogP contribution in [0.5, 0.6) is 0 Å². The number of aromatic nitrogens is 1. The summed E-state index contributed by atoms with van der Waals surface area (Å²) in [5.41, 5.74) is 3.78. The van der Waals surface area contributed by atoms with Gasteiger partial charge in [0.05, 0.1) is 17.1 Å². The number of anilines is 2. The van der Waals surface area contributed by atoms with Crippen LogP contribution in [0.1, 0.15) is 18.5 Å². The molecular formula is C22H24N4O2S2. The number of hydrogen-bond acceptors (Lipinski definition) is 5. The molecule has 0 N–H and O–H groups in total. The Morgan fingerprint density at radius 2 is 1.67 bits per heavy atom. The normalized spacial score (nSPS) is 19.2. The predicted molar refractivity (Wildman–Crippen MR) is 122 cm³/mol. The van der Waals surface area contributed by atoms with Gasteiger partial charge in [-0.2, -0.15) is 8.42 Å². The van der Waals surface area contributed by atoms with Crippen molar-refractivity contribution in [2.45, 2.75) is 25.4 Å². The fraction of sp³-hybridized carbons (Fsp3) is 0.318. The summed E-state index contributed by atoms with van der Waals surface area (Å²) in [5.74, 6) is 0. The van der Waals surface area contributed by atoms with Crippen LogP contribution in [-0.2, 0) is 16.8 Å². The van der Waals surface area contributed by atoms with E-state index < -0.39 is 10.2 Å². The lowest BCUT2D eigenvalue weighted by atomic mass is 10.0. The zero-order valence-electron chi connectivity index (χ0n) is 16.8. The van der Waals surface area contributed by atoms with E-state index in [0.717, 1.165) is 60.1 Å². The molecule has 30 heavy (non-hydrogen) atoms. The number of rotatable bonds is 4. The first-order chi connectivity index (χ1) is 14.5. The first kappa shape index (κ1) is 19.5. The van der Waals surface area contributed by atoms with Crippen LogP contribution in [0, 0.1) is 0 Å². The van der Waals surface area contributed by atoms with E-state index in [4.69, 9.17) is 4.98 Å². The molecule has 2 aromatic carbocycles. The summed E-state index contributed by atoms with van der Waals surface area (Å²) in [4.78, 5) is 7.17. The van der Waals surface area contributed by atoms with Gasteiger partial charge < -0.3 is 0 Å². The van der Waals surface area contributed by atoms with Gasteiger partial charge in [0.2, 0.25) is 0 Å². The molecule has 0 spiro atoms. The highest BCUT2D eigenvalue weighted by Crippen LogP contribution is 2.42. The standard InChI is InChI=1S/C22H24N4O2S2/c1-24-20-9-5-6-10-21(20)26(30(24,27)28)19-11-13-25(14-12-19)15-18-16-29-22(23-18)17-7-3-2-4-8-17/h2-10,16,19H,11-15H2,1H3. The highest BCUT2D eigenvalue weighted by Gasteiger charge is 2.42.